The first-order chi connectivity index (χ1) is 9.58. The van der Waals surface area contributed by atoms with Crippen molar-refractivity contribution in [1.29, 1.82) is 0 Å². The first kappa shape index (κ1) is 16.0. The van der Waals surface area contributed by atoms with E-state index in [2.05, 4.69) is 12.2 Å². The number of unbranched alkanes of at least 4 members (excludes halogenated alkanes) is 1. The van der Waals surface area contributed by atoms with E-state index in [1.165, 1.54) is 0 Å². The van der Waals surface area contributed by atoms with Gasteiger partial charge in [-0.25, -0.2) is 4.79 Å². The average molecular weight is 277 g/mol. The van der Waals surface area contributed by atoms with Gasteiger partial charge < -0.3 is 16.0 Å². The molecule has 0 saturated heterocycles. The Labute approximate surface area is 120 Å². The second kappa shape index (κ2) is 8.19. The fourth-order valence-corrected chi connectivity index (χ4v) is 1.93. The van der Waals surface area contributed by atoms with Crippen molar-refractivity contribution in [3.63, 3.8) is 0 Å². The first-order valence-electron chi connectivity index (χ1n) is 7.00. The van der Waals surface area contributed by atoms with Crippen molar-refractivity contribution in [3.8, 4) is 0 Å². The SMILES string of the molecule is CCCCN(CC)C(=O)Nc1ccccc1CC(N)=O. The highest BCUT2D eigenvalue weighted by molar-refractivity contribution is 5.91. The molecular weight excluding hydrogens is 254 g/mol. The molecule has 0 spiro atoms. The summed E-state index contributed by atoms with van der Waals surface area (Å²) in [5.74, 6) is -0.412. The van der Waals surface area contributed by atoms with E-state index in [0.29, 0.717) is 12.2 Å². The van der Waals surface area contributed by atoms with E-state index in [0.717, 1.165) is 24.9 Å². The van der Waals surface area contributed by atoms with Gasteiger partial charge in [-0.2, -0.15) is 0 Å². The number of amides is 3. The van der Waals surface area contributed by atoms with Gasteiger partial charge in [-0.05, 0) is 25.0 Å². The zero-order valence-electron chi connectivity index (χ0n) is 12.2. The van der Waals surface area contributed by atoms with Crippen LogP contribution in [0.4, 0.5) is 10.5 Å². The molecule has 110 valence electrons. The van der Waals surface area contributed by atoms with Crippen LogP contribution in [-0.2, 0) is 11.2 Å². The molecule has 1 rings (SSSR count). The van der Waals surface area contributed by atoms with Crippen molar-refractivity contribution in [3.05, 3.63) is 29.8 Å². The zero-order chi connectivity index (χ0) is 15.0. The lowest BCUT2D eigenvalue weighted by Gasteiger charge is -2.22. The second-order valence-corrected chi connectivity index (χ2v) is 4.66. The Hall–Kier alpha value is -2.04. The smallest absolute Gasteiger partial charge is 0.321 e. The van der Waals surface area contributed by atoms with Crippen LogP contribution in [0.15, 0.2) is 24.3 Å². The minimum atomic E-state index is -0.412. The van der Waals surface area contributed by atoms with Crippen LogP contribution in [0.3, 0.4) is 0 Å². The van der Waals surface area contributed by atoms with Gasteiger partial charge in [-0.1, -0.05) is 31.5 Å². The van der Waals surface area contributed by atoms with Gasteiger partial charge in [0.25, 0.3) is 0 Å². The number of anilines is 1. The number of para-hydroxylation sites is 1. The maximum absolute atomic E-state index is 12.2. The van der Waals surface area contributed by atoms with Gasteiger partial charge in [-0.15, -0.1) is 0 Å². The Bertz CT molecular complexity index is 460. The second-order valence-electron chi connectivity index (χ2n) is 4.66. The van der Waals surface area contributed by atoms with Crippen LogP contribution in [-0.4, -0.2) is 29.9 Å². The minimum Gasteiger partial charge on any atom is -0.369 e. The van der Waals surface area contributed by atoms with Gasteiger partial charge in [0, 0.05) is 18.8 Å². The van der Waals surface area contributed by atoms with Crippen LogP contribution < -0.4 is 11.1 Å². The maximum Gasteiger partial charge on any atom is 0.321 e. The third-order valence-electron chi connectivity index (χ3n) is 3.07. The molecule has 0 fully saturated rings. The lowest BCUT2D eigenvalue weighted by atomic mass is 10.1. The number of carbonyl (C=O) groups excluding carboxylic acids is 2. The summed E-state index contributed by atoms with van der Waals surface area (Å²) in [6, 6.07) is 7.08. The fourth-order valence-electron chi connectivity index (χ4n) is 1.93. The van der Waals surface area contributed by atoms with Crippen molar-refractivity contribution >= 4 is 17.6 Å². The Kier molecular flexibility index (Phi) is 6.56. The summed E-state index contributed by atoms with van der Waals surface area (Å²) >= 11 is 0. The number of urea groups is 1. The number of benzene rings is 1. The summed E-state index contributed by atoms with van der Waals surface area (Å²) in [6.07, 6.45) is 2.14. The number of carbonyl (C=O) groups is 2. The van der Waals surface area contributed by atoms with Crippen LogP contribution >= 0.6 is 0 Å². The quantitative estimate of drug-likeness (QED) is 0.802. The van der Waals surface area contributed by atoms with Gasteiger partial charge in [0.1, 0.15) is 0 Å². The minimum absolute atomic E-state index is 0.123. The van der Waals surface area contributed by atoms with E-state index < -0.39 is 5.91 Å². The van der Waals surface area contributed by atoms with E-state index >= 15 is 0 Å². The monoisotopic (exact) mass is 277 g/mol. The molecule has 0 aliphatic rings. The molecule has 3 amide bonds. The largest absolute Gasteiger partial charge is 0.369 e. The lowest BCUT2D eigenvalue weighted by Crippen LogP contribution is -2.35. The van der Waals surface area contributed by atoms with Gasteiger partial charge >= 0.3 is 6.03 Å². The van der Waals surface area contributed by atoms with Gasteiger partial charge in [0.2, 0.25) is 5.91 Å². The molecule has 20 heavy (non-hydrogen) atoms. The number of primary amides is 1. The number of hydrogen-bond donors (Lipinski definition) is 2. The maximum atomic E-state index is 12.2. The Morgan fingerprint density at radius 1 is 1.25 bits per heavy atom. The van der Waals surface area contributed by atoms with Crippen LogP contribution in [0, 0.1) is 0 Å². The molecule has 0 bridgehead atoms. The zero-order valence-corrected chi connectivity index (χ0v) is 12.2. The number of nitrogens with one attached hydrogen (secondary N) is 1. The van der Waals surface area contributed by atoms with E-state index in [1.54, 1.807) is 17.0 Å². The van der Waals surface area contributed by atoms with E-state index in [-0.39, 0.29) is 12.5 Å². The van der Waals surface area contributed by atoms with Crippen LogP contribution in [0.2, 0.25) is 0 Å². The van der Waals surface area contributed by atoms with Gasteiger partial charge in [0.15, 0.2) is 0 Å². The van der Waals surface area contributed by atoms with Crippen molar-refractivity contribution < 1.29 is 9.59 Å². The summed E-state index contributed by atoms with van der Waals surface area (Å²) in [7, 11) is 0. The van der Waals surface area contributed by atoms with Crippen molar-refractivity contribution in [2.75, 3.05) is 18.4 Å². The normalized spacial score (nSPS) is 10.1. The summed E-state index contributed by atoms with van der Waals surface area (Å²) in [4.78, 5) is 25.0. The molecule has 0 heterocycles. The summed E-state index contributed by atoms with van der Waals surface area (Å²) in [5.41, 5.74) is 6.59. The molecule has 1 aromatic carbocycles. The summed E-state index contributed by atoms with van der Waals surface area (Å²) in [5, 5.41) is 2.86. The van der Waals surface area contributed by atoms with Gasteiger partial charge in [0.05, 0.1) is 6.42 Å². The molecule has 0 saturated carbocycles. The molecule has 0 aliphatic heterocycles. The molecule has 5 nitrogen and oxygen atoms in total. The van der Waals surface area contributed by atoms with Crippen molar-refractivity contribution in [2.24, 2.45) is 5.73 Å². The number of hydrogen-bond acceptors (Lipinski definition) is 2. The highest BCUT2D eigenvalue weighted by atomic mass is 16.2. The van der Waals surface area contributed by atoms with Crippen LogP contribution in [0.25, 0.3) is 0 Å². The molecule has 3 N–H and O–H groups in total. The number of rotatable bonds is 7. The molecular formula is C15H23N3O2. The Morgan fingerprint density at radius 2 is 1.95 bits per heavy atom. The van der Waals surface area contributed by atoms with Crippen molar-refractivity contribution in [2.45, 2.75) is 33.1 Å². The highest BCUT2D eigenvalue weighted by Gasteiger charge is 2.13. The molecule has 0 aliphatic carbocycles. The van der Waals surface area contributed by atoms with E-state index in [9.17, 15) is 9.59 Å². The molecule has 0 atom stereocenters. The molecule has 5 heteroatoms. The van der Waals surface area contributed by atoms with E-state index in [4.69, 9.17) is 5.73 Å². The standard InChI is InChI=1S/C15H23N3O2/c1-3-5-10-18(4-2)15(20)17-13-9-7-6-8-12(13)11-14(16)19/h6-9H,3-5,10-11H2,1-2H3,(H2,16,19)(H,17,20). The number of nitrogens with zero attached hydrogens (tertiary/aromatic N) is 1. The molecule has 0 unspecified atom stereocenters. The molecule has 1 aromatic rings. The average Bonchev–Trinajstić information content (AvgIpc) is 2.41. The summed E-state index contributed by atoms with van der Waals surface area (Å²) < 4.78 is 0. The lowest BCUT2D eigenvalue weighted by molar-refractivity contribution is -0.117. The van der Waals surface area contributed by atoms with Gasteiger partial charge in [-0.3, -0.25) is 4.79 Å². The third kappa shape index (κ3) is 4.91. The molecule has 0 aromatic heterocycles. The fraction of sp³-hybridized carbons (Fsp3) is 0.467. The third-order valence-corrected chi connectivity index (χ3v) is 3.07. The van der Waals surface area contributed by atoms with Crippen LogP contribution in [0.1, 0.15) is 32.3 Å². The highest BCUT2D eigenvalue weighted by Crippen LogP contribution is 2.16. The molecule has 0 radical (unpaired) electrons. The predicted octanol–water partition coefficient (Wildman–Crippen LogP) is 2.37. The number of nitrogens with two attached hydrogens (primary N) is 1. The first-order valence-corrected chi connectivity index (χ1v) is 7.00. The predicted molar refractivity (Wildman–Crippen MR) is 80.5 cm³/mol. The Morgan fingerprint density at radius 3 is 2.55 bits per heavy atom. The topological polar surface area (TPSA) is 75.4 Å². The van der Waals surface area contributed by atoms with Crippen LogP contribution in [0.5, 0.6) is 0 Å². The summed E-state index contributed by atoms with van der Waals surface area (Å²) in [6.45, 7) is 5.43. The van der Waals surface area contributed by atoms with E-state index in [1.807, 2.05) is 19.1 Å². The van der Waals surface area contributed by atoms with Crippen molar-refractivity contribution in [1.82, 2.24) is 4.90 Å². The Balaban J connectivity index is 2.76.